The molecule has 1 aromatic heterocycles. The lowest BCUT2D eigenvalue weighted by molar-refractivity contribution is 0.169. The van der Waals surface area contributed by atoms with E-state index in [0.29, 0.717) is 18.0 Å². The van der Waals surface area contributed by atoms with Crippen molar-refractivity contribution in [1.82, 2.24) is 20.3 Å². The summed E-state index contributed by atoms with van der Waals surface area (Å²) in [4.78, 5) is 9.51. The van der Waals surface area contributed by atoms with Gasteiger partial charge in [0, 0.05) is 57.0 Å². The Morgan fingerprint density at radius 1 is 1.06 bits per heavy atom. The summed E-state index contributed by atoms with van der Waals surface area (Å²) in [5.41, 5.74) is 1.90. The molecule has 1 fully saturated rings. The first-order valence-electron chi connectivity index (χ1n) is 10.1. The molecule has 1 aliphatic rings. The number of aliphatic imine (C=N–C) groups is 1. The Morgan fingerprint density at radius 3 is 2.32 bits per heavy atom. The van der Waals surface area contributed by atoms with Crippen molar-refractivity contribution in [3.63, 3.8) is 0 Å². The lowest BCUT2D eigenvalue weighted by atomic mass is 10.1. The van der Waals surface area contributed by atoms with Gasteiger partial charge in [-0.1, -0.05) is 5.16 Å². The molecule has 1 saturated heterocycles. The maximum absolute atomic E-state index is 5.53. The van der Waals surface area contributed by atoms with Crippen LogP contribution in [0.15, 0.2) is 34.0 Å². The number of hydrogen-bond acceptors (Lipinski definition) is 7. The van der Waals surface area contributed by atoms with E-state index >= 15 is 0 Å². The van der Waals surface area contributed by atoms with Crippen LogP contribution >= 0.6 is 24.0 Å². The molecular weight excluding hydrogens is 513 g/mol. The van der Waals surface area contributed by atoms with Crippen LogP contribution in [0.5, 0.6) is 17.2 Å². The number of nitrogens with one attached hydrogen (secondary N) is 1. The molecule has 0 bridgehead atoms. The van der Waals surface area contributed by atoms with Crippen LogP contribution in [0.4, 0.5) is 0 Å². The van der Waals surface area contributed by atoms with Gasteiger partial charge in [0.25, 0.3) is 0 Å². The molecule has 1 N–H and O–H groups in total. The van der Waals surface area contributed by atoms with Crippen molar-refractivity contribution in [2.75, 3.05) is 54.1 Å². The van der Waals surface area contributed by atoms with E-state index in [9.17, 15) is 0 Å². The molecule has 9 nitrogen and oxygen atoms in total. The van der Waals surface area contributed by atoms with E-state index in [2.05, 4.69) is 27.2 Å². The van der Waals surface area contributed by atoms with Crippen molar-refractivity contribution >= 4 is 29.9 Å². The number of hydrogen-bond donors (Lipinski definition) is 1. The Balaban J connectivity index is 0.00000341. The average molecular weight is 545 g/mol. The van der Waals surface area contributed by atoms with Gasteiger partial charge in [-0.15, -0.1) is 24.0 Å². The molecule has 2 aromatic rings. The second-order valence-electron chi connectivity index (χ2n) is 6.94. The third-order valence-corrected chi connectivity index (χ3v) is 5.07. The monoisotopic (exact) mass is 545 g/mol. The highest BCUT2D eigenvalue weighted by atomic mass is 127. The van der Waals surface area contributed by atoms with E-state index < -0.39 is 0 Å². The van der Waals surface area contributed by atoms with Crippen molar-refractivity contribution in [2.24, 2.45) is 4.99 Å². The predicted molar refractivity (Wildman–Crippen MR) is 130 cm³/mol. The van der Waals surface area contributed by atoms with Gasteiger partial charge in [-0.25, -0.2) is 4.99 Å². The lowest BCUT2D eigenvalue weighted by Gasteiger charge is -2.36. The number of halogens is 1. The molecule has 0 atom stereocenters. The molecule has 31 heavy (non-hydrogen) atoms. The van der Waals surface area contributed by atoms with Crippen LogP contribution in [-0.4, -0.2) is 75.0 Å². The first kappa shape index (κ1) is 25.1. The van der Waals surface area contributed by atoms with Crippen molar-refractivity contribution in [1.29, 1.82) is 0 Å². The fraction of sp³-hybridized carbons (Fsp3) is 0.524. The summed E-state index contributed by atoms with van der Waals surface area (Å²) in [7, 11) is 4.88. The molecule has 0 unspecified atom stereocenters. The van der Waals surface area contributed by atoms with E-state index in [4.69, 9.17) is 23.7 Å². The topological polar surface area (TPSA) is 84.6 Å². The highest BCUT2D eigenvalue weighted by molar-refractivity contribution is 14.0. The van der Waals surface area contributed by atoms with Gasteiger partial charge in [-0.2, -0.15) is 0 Å². The molecule has 1 aliphatic heterocycles. The number of methoxy groups -OCH3 is 3. The fourth-order valence-corrected chi connectivity index (χ4v) is 3.47. The number of guanidine groups is 1. The molecule has 0 amide bonds. The molecule has 1 aromatic carbocycles. The van der Waals surface area contributed by atoms with Gasteiger partial charge in [0.15, 0.2) is 17.5 Å². The largest absolute Gasteiger partial charge is 0.496 e. The Kier molecular flexibility index (Phi) is 10.2. The number of piperazine rings is 1. The third kappa shape index (κ3) is 6.63. The molecule has 0 saturated carbocycles. The maximum Gasteiger partial charge on any atom is 0.194 e. The van der Waals surface area contributed by atoms with Crippen molar-refractivity contribution < 1.29 is 18.7 Å². The maximum atomic E-state index is 5.53. The molecule has 3 rings (SSSR count). The molecule has 0 spiro atoms. The van der Waals surface area contributed by atoms with Gasteiger partial charge in [0.2, 0.25) is 0 Å². The van der Waals surface area contributed by atoms with Gasteiger partial charge in [-0.3, -0.25) is 4.90 Å². The van der Waals surface area contributed by atoms with Gasteiger partial charge in [0.05, 0.1) is 33.6 Å². The Morgan fingerprint density at radius 2 is 1.74 bits per heavy atom. The summed E-state index contributed by atoms with van der Waals surface area (Å²) < 4.78 is 21.3. The summed E-state index contributed by atoms with van der Waals surface area (Å²) in [5.74, 6) is 2.92. The molecule has 10 heteroatoms. The Hall–Kier alpha value is -2.21. The smallest absolute Gasteiger partial charge is 0.194 e. The van der Waals surface area contributed by atoms with Crippen LogP contribution in [0.3, 0.4) is 0 Å². The fourth-order valence-electron chi connectivity index (χ4n) is 3.47. The van der Waals surface area contributed by atoms with Gasteiger partial charge in [-0.05, 0) is 13.0 Å². The number of aromatic nitrogens is 1. The standard InChI is InChI=1S/C21H31N5O4.HI/c1-5-22-21(26-9-7-25(8-10-26)15-17-6-11-30-24-17)23-14-16-12-19(28-3)20(29-4)13-18(16)27-2;/h6,11-13H,5,7-10,14-15H2,1-4H3,(H,22,23);1H. The first-order valence-corrected chi connectivity index (χ1v) is 10.1. The summed E-state index contributed by atoms with van der Waals surface area (Å²) in [5, 5.41) is 7.41. The SMILES string of the molecule is CCNC(=NCc1cc(OC)c(OC)cc1OC)N1CCN(Cc2ccon2)CC1.I. The molecule has 2 heterocycles. The van der Waals surface area contributed by atoms with E-state index in [-0.39, 0.29) is 24.0 Å². The summed E-state index contributed by atoms with van der Waals surface area (Å²) in [6.07, 6.45) is 1.62. The van der Waals surface area contributed by atoms with E-state index in [1.807, 2.05) is 18.2 Å². The number of rotatable bonds is 8. The zero-order valence-electron chi connectivity index (χ0n) is 18.6. The normalized spacial score (nSPS) is 14.7. The number of nitrogens with zero attached hydrogens (tertiary/aromatic N) is 4. The Labute approximate surface area is 200 Å². The van der Waals surface area contributed by atoms with Crippen molar-refractivity contribution in [3.8, 4) is 17.2 Å². The molecule has 172 valence electrons. The lowest BCUT2D eigenvalue weighted by Crippen LogP contribution is -2.52. The highest BCUT2D eigenvalue weighted by Gasteiger charge is 2.20. The number of benzene rings is 1. The minimum absolute atomic E-state index is 0. The summed E-state index contributed by atoms with van der Waals surface area (Å²) >= 11 is 0. The van der Waals surface area contributed by atoms with E-state index in [1.165, 1.54) is 0 Å². The van der Waals surface area contributed by atoms with Gasteiger partial charge < -0.3 is 29.0 Å². The average Bonchev–Trinajstić information content (AvgIpc) is 3.29. The van der Waals surface area contributed by atoms with Crippen LogP contribution in [0.25, 0.3) is 0 Å². The first-order chi connectivity index (χ1) is 14.7. The van der Waals surface area contributed by atoms with E-state index in [0.717, 1.165) is 62.2 Å². The number of ether oxygens (including phenoxy) is 3. The zero-order valence-corrected chi connectivity index (χ0v) is 20.9. The second-order valence-corrected chi connectivity index (χ2v) is 6.94. The molecule has 0 aliphatic carbocycles. The van der Waals surface area contributed by atoms with Crippen LogP contribution in [0.2, 0.25) is 0 Å². The van der Waals surface area contributed by atoms with Crippen LogP contribution in [0.1, 0.15) is 18.2 Å². The van der Waals surface area contributed by atoms with E-state index in [1.54, 1.807) is 27.6 Å². The van der Waals surface area contributed by atoms with Gasteiger partial charge in [0.1, 0.15) is 12.0 Å². The van der Waals surface area contributed by atoms with Gasteiger partial charge >= 0.3 is 0 Å². The predicted octanol–water partition coefficient (Wildman–Crippen LogP) is 2.60. The summed E-state index contributed by atoms with van der Waals surface area (Å²) in [6, 6.07) is 5.66. The molecular formula is C21H32IN5O4. The minimum atomic E-state index is 0. The van der Waals surface area contributed by atoms with Crippen LogP contribution < -0.4 is 19.5 Å². The zero-order chi connectivity index (χ0) is 21.3. The molecule has 0 radical (unpaired) electrons. The quantitative estimate of drug-likeness (QED) is 0.308. The van der Waals surface area contributed by atoms with Crippen LogP contribution in [0, 0.1) is 0 Å². The Bertz CT molecular complexity index is 823. The van der Waals surface area contributed by atoms with Crippen molar-refractivity contribution in [3.05, 3.63) is 35.7 Å². The van der Waals surface area contributed by atoms with Crippen molar-refractivity contribution in [2.45, 2.75) is 20.0 Å². The summed E-state index contributed by atoms with van der Waals surface area (Å²) in [6.45, 7) is 7.84. The highest BCUT2D eigenvalue weighted by Crippen LogP contribution is 2.34. The second kappa shape index (κ2) is 12.6. The third-order valence-electron chi connectivity index (χ3n) is 5.07. The van der Waals surface area contributed by atoms with Crippen LogP contribution in [-0.2, 0) is 13.1 Å². The minimum Gasteiger partial charge on any atom is -0.496 e.